The second kappa shape index (κ2) is 5.38. The van der Waals surface area contributed by atoms with Crippen LogP contribution >= 0.6 is 11.3 Å². The number of fused-ring (bicyclic) bond motifs is 1. The molecule has 2 heterocycles. The van der Waals surface area contributed by atoms with Crippen LogP contribution in [0.5, 0.6) is 0 Å². The number of carbonyl (C=O) groups excluding carboxylic acids is 1. The zero-order valence-corrected chi connectivity index (χ0v) is 13.3. The van der Waals surface area contributed by atoms with Crippen molar-refractivity contribution >= 4 is 42.4 Å². The monoisotopic (exact) mass is 324 g/mol. The van der Waals surface area contributed by atoms with Gasteiger partial charge in [0, 0.05) is 6.54 Å². The number of nitrogens with zero attached hydrogens (tertiary/aromatic N) is 2. The van der Waals surface area contributed by atoms with E-state index >= 15 is 0 Å². The molecule has 0 N–H and O–H groups in total. The number of rotatable bonds is 3. The predicted octanol–water partition coefficient (Wildman–Crippen LogP) is 2.08. The molecule has 7 heteroatoms. The molecule has 0 saturated carbocycles. The van der Waals surface area contributed by atoms with Crippen LogP contribution in [-0.2, 0) is 14.6 Å². The number of para-hydroxylation sites is 1. The van der Waals surface area contributed by atoms with Gasteiger partial charge in [-0.2, -0.15) is 0 Å². The molecule has 1 saturated heterocycles. The maximum absolute atomic E-state index is 12.6. The minimum atomic E-state index is -3.05. The second-order valence-electron chi connectivity index (χ2n) is 5.15. The van der Waals surface area contributed by atoms with E-state index in [1.54, 1.807) is 4.90 Å². The quantitative estimate of drug-likeness (QED) is 0.867. The lowest BCUT2D eigenvalue weighted by atomic mass is 10.1. The first kappa shape index (κ1) is 14.5. The summed E-state index contributed by atoms with van der Waals surface area (Å²) in [4.78, 5) is 18.7. The molecule has 0 spiro atoms. The first-order valence-corrected chi connectivity index (χ1v) is 9.51. The number of aromatic nitrogens is 1. The first-order chi connectivity index (χ1) is 10.00. The molecule has 112 valence electrons. The van der Waals surface area contributed by atoms with Gasteiger partial charge < -0.3 is 0 Å². The van der Waals surface area contributed by atoms with Crippen LogP contribution in [0.4, 0.5) is 5.13 Å². The van der Waals surface area contributed by atoms with Gasteiger partial charge in [0.2, 0.25) is 5.91 Å². The van der Waals surface area contributed by atoms with Crippen LogP contribution in [0, 0.1) is 5.92 Å². The highest BCUT2D eigenvalue weighted by molar-refractivity contribution is 7.91. The van der Waals surface area contributed by atoms with E-state index in [1.165, 1.54) is 11.3 Å². The van der Waals surface area contributed by atoms with Crippen molar-refractivity contribution in [3.05, 3.63) is 24.3 Å². The highest BCUT2D eigenvalue weighted by Crippen LogP contribution is 2.30. The van der Waals surface area contributed by atoms with Gasteiger partial charge in [0.1, 0.15) is 0 Å². The fourth-order valence-electron chi connectivity index (χ4n) is 2.57. The number of thiazole rings is 1. The van der Waals surface area contributed by atoms with Gasteiger partial charge in [-0.1, -0.05) is 23.5 Å². The number of anilines is 1. The van der Waals surface area contributed by atoms with Crippen molar-refractivity contribution in [2.45, 2.75) is 13.3 Å². The fourth-order valence-corrected chi connectivity index (χ4v) is 5.34. The summed E-state index contributed by atoms with van der Waals surface area (Å²) < 4.78 is 24.1. The Labute approximate surface area is 127 Å². The lowest BCUT2D eigenvalue weighted by Gasteiger charge is -2.20. The van der Waals surface area contributed by atoms with Gasteiger partial charge in [-0.25, -0.2) is 13.4 Å². The summed E-state index contributed by atoms with van der Waals surface area (Å²) in [5.74, 6) is -0.479. The molecule has 1 amide bonds. The predicted molar refractivity (Wildman–Crippen MR) is 84.4 cm³/mol. The Morgan fingerprint density at radius 3 is 2.81 bits per heavy atom. The van der Waals surface area contributed by atoms with Crippen LogP contribution < -0.4 is 4.90 Å². The Morgan fingerprint density at radius 1 is 1.43 bits per heavy atom. The number of carbonyl (C=O) groups is 1. The molecule has 1 aliphatic heterocycles. The molecule has 1 fully saturated rings. The summed E-state index contributed by atoms with van der Waals surface area (Å²) in [5.41, 5.74) is 0.864. The normalized spacial score (nSPS) is 20.7. The van der Waals surface area contributed by atoms with E-state index in [1.807, 2.05) is 31.2 Å². The third kappa shape index (κ3) is 2.80. The molecule has 0 unspecified atom stereocenters. The number of sulfone groups is 1. The highest BCUT2D eigenvalue weighted by Gasteiger charge is 2.36. The summed E-state index contributed by atoms with van der Waals surface area (Å²) in [7, 11) is -3.05. The van der Waals surface area contributed by atoms with Crippen LogP contribution in [0.2, 0.25) is 0 Å². The molecule has 1 aliphatic rings. The van der Waals surface area contributed by atoms with E-state index in [2.05, 4.69) is 4.98 Å². The maximum atomic E-state index is 12.6. The molecule has 21 heavy (non-hydrogen) atoms. The average Bonchev–Trinajstić information content (AvgIpc) is 3.02. The van der Waals surface area contributed by atoms with E-state index in [0.29, 0.717) is 18.1 Å². The van der Waals surface area contributed by atoms with Crippen molar-refractivity contribution < 1.29 is 13.2 Å². The van der Waals surface area contributed by atoms with Gasteiger partial charge >= 0.3 is 0 Å². The molecule has 0 aliphatic carbocycles. The van der Waals surface area contributed by atoms with Crippen LogP contribution in [0.1, 0.15) is 13.3 Å². The Hall–Kier alpha value is -1.47. The molecule has 0 bridgehead atoms. The summed E-state index contributed by atoms with van der Waals surface area (Å²) in [6.45, 7) is 2.38. The van der Waals surface area contributed by atoms with Crippen molar-refractivity contribution in [2.75, 3.05) is 23.0 Å². The largest absolute Gasteiger partial charge is 0.288 e. The summed E-state index contributed by atoms with van der Waals surface area (Å²) in [6, 6.07) is 7.72. The standard InChI is InChI=1S/C14H16N2O3S2/c1-2-16(13(17)10-7-8-21(18,19)9-10)14-15-11-5-3-4-6-12(11)20-14/h3-6,10H,2,7-9H2,1H3/t10-/m1/s1. The number of amides is 1. The maximum Gasteiger partial charge on any atom is 0.232 e. The smallest absolute Gasteiger partial charge is 0.232 e. The van der Waals surface area contributed by atoms with Gasteiger partial charge in [0.15, 0.2) is 15.0 Å². The first-order valence-electron chi connectivity index (χ1n) is 6.87. The van der Waals surface area contributed by atoms with E-state index in [9.17, 15) is 13.2 Å². The van der Waals surface area contributed by atoms with Crippen molar-refractivity contribution in [3.63, 3.8) is 0 Å². The van der Waals surface area contributed by atoms with Crippen LogP contribution in [0.15, 0.2) is 24.3 Å². The van der Waals surface area contributed by atoms with Crippen LogP contribution in [-0.4, -0.2) is 37.4 Å². The van der Waals surface area contributed by atoms with Crippen molar-refractivity contribution in [1.29, 1.82) is 0 Å². The van der Waals surface area contributed by atoms with Gasteiger partial charge in [-0.15, -0.1) is 0 Å². The molecule has 3 rings (SSSR count). The Morgan fingerprint density at radius 2 is 2.19 bits per heavy atom. The molecule has 0 radical (unpaired) electrons. The Kier molecular flexibility index (Phi) is 3.71. The third-order valence-electron chi connectivity index (χ3n) is 3.68. The van der Waals surface area contributed by atoms with E-state index in [0.717, 1.165) is 10.2 Å². The Balaban J connectivity index is 1.89. The minimum Gasteiger partial charge on any atom is -0.288 e. The van der Waals surface area contributed by atoms with E-state index in [4.69, 9.17) is 0 Å². The molecule has 5 nitrogen and oxygen atoms in total. The molecule has 1 aromatic heterocycles. The lowest BCUT2D eigenvalue weighted by molar-refractivity contribution is -0.121. The molecular formula is C14H16N2O3S2. The summed E-state index contributed by atoms with van der Waals surface area (Å²) in [5, 5.41) is 0.646. The topological polar surface area (TPSA) is 67.3 Å². The molecule has 1 atom stereocenters. The van der Waals surface area contributed by atoms with Gasteiger partial charge in [-0.3, -0.25) is 9.69 Å². The van der Waals surface area contributed by atoms with Gasteiger partial charge in [0.05, 0.1) is 27.6 Å². The molecule has 1 aromatic carbocycles. The number of benzene rings is 1. The van der Waals surface area contributed by atoms with Crippen molar-refractivity contribution in [1.82, 2.24) is 4.98 Å². The zero-order chi connectivity index (χ0) is 15.0. The van der Waals surface area contributed by atoms with E-state index < -0.39 is 15.8 Å². The summed E-state index contributed by atoms with van der Waals surface area (Å²) >= 11 is 1.46. The van der Waals surface area contributed by atoms with Crippen LogP contribution in [0.25, 0.3) is 10.2 Å². The van der Waals surface area contributed by atoms with Crippen LogP contribution in [0.3, 0.4) is 0 Å². The highest BCUT2D eigenvalue weighted by atomic mass is 32.2. The SMILES string of the molecule is CCN(C(=O)[C@@H]1CCS(=O)(=O)C1)c1nc2ccccc2s1. The Bertz CT molecular complexity index is 749. The van der Waals surface area contributed by atoms with Crippen molar-refractivity contribution in [3.8, 4) is 0 Å². The summed E-state index contributed by atoms with van der Waals surface area (Å²) in [6.07, 6.45) is 0.419. The number of hydrogen-bond acceptors (Lipinski definition) is 5. The fraction of sp³-hybridized carbons (Fsp3) is 0.429. The molecule has 2 aromatic rings. The minimum absolute atomic E-state index is 0.0345. The number of hydrogen-bond donors (Lipinski definition) is 0. The zero-order valence-electron chi connectivity index (χ0n) is 11.7. The van der Waals surface area contributed by atoms with Gasteiger partial charge in [-0.05, 0) is 25.5 Å². The molecular weight excluding hydrogens is 308 g/mol. The third-order valence-corrected chi connectivity index (χ3v) is 6.50. The second-order valence-corrected chi connectivity index (χ2v) is 8.38. The average molecular weight is 324 g/mol. The van der Waals surface area contributed by atoms with E-state index in [-0.39, 0.29) is 17.4 Å². The van der Waals surface area contributed by atoms with Gasteiger partial charge in [0.25, 0.3) is 0 Å². The van der Waals surface area contributed by atoms with Crippen molar-refractivity contribution in [2.24, 2.45) is 5.92 Å². The lowest BCUT2D eigenvalue weighted by Crippen LogP contribution is -2.36.